The third-order valence-corrected chi connectivity index (χ3v) is 7.93. The van der Waals surface area contributed by atoms with Crippen molar-refractivity contribution in [3.63, 3.8) is 0 Å². The van der Waals surface area contributed by atoms with E-state index in [0.717, 1.165) is 22.3 Å². The number of esters is 1. The molecular formula is C37H42N2O3. The lowest BCUT2D eigenvalue weighted by molar-refractivity contribution is -0.151. The van der Waals surface area contributed by atoms with Gasteiger partial charge in [0.25, 0.3) is 0 Å². The fourth-order valence-electron chi connectivity index (χ4n) is 5.31. The third kappa shape index (κ3) is 7.15. The molecule has 5 heteroatoms. The molecule has 0 aromatic heterocycles. The SMILES string of the molecule is CC[C@H](C)[C@H](NC(=O)[C@@H](NC(c1ccccc1)(c1ccccc1)c1ccccc1)C(C)C)C(=O)OCc1ccccc1. The zero-order chi connectivity index (χ0) is 30.0. The van der Waals surface area contributed by atoms with Crippen LogP contribution in [0, 0.1) is 11.8 Å². The molecule has 0 aliphatic carbocycles. The molecule has 0 saturated carbocycles. The Kier molecular flexibility index (Phi) is 10.7. The minimum atomic E-state index is -0.824. The first-order valence-corrected chi connectivity index (χ1v) is 14.8. The van der Waals surface area contributed by atoms with Crippen molar-refractivity contribution in [3.05, 3.63) is 144 Å². The second-order valence-corrected chi connectivity index (χ2v) is 11.2. The van der Waals surface area contributed by atoms with Gasteiger partial charge >= 0.3 is 5.97 Å². The van der Waals surface area contributed by atoms with Crippen LogP contribution in [-0.4, -0.2) is 24.0 Å². The summed E-state index contributed by atoms with van der Waals surface area (Å²) in [5.74, 6) is -0.853. The molecule has 4 rings (SSSR count). The number of carbonyl (C=O) groups excluding carboxylic acids is 2. The van der Waals surface area contributed by atoms with E-state index in [9.17, 15) is 9.59 Å². The molecule has 0 aliphatic heterocycles. The lowest BCUT2D eigenvalue weighted by atomic mass is 9.76. The molecule has 0 spiro atoms. The van der Waals surface area contributed by atoms with Crippen LogP contribution < -0.4 is 10.6 Å². The highest BCUT2D eigenvalue weighted by molar-refractivity contribution is 5.88. The highest BCUT2D eigenvalue weighted by atomic mass is 16.5. The van der Waals surface area contributed by atoms with Gasteiger partial charge < -0.3 is 10.1 Å². The van der Waals surface area contributed by atoms with E-state index in [1.165, 1.54) is 0 Å². The molecule has 0 heterocycles. The maximum atomic E-state index is 14.2. The Bertz CT molecular complexity index is 1300. The van der Waals surface area contributed by atoms with Crippen LogP contribution in [0.4, 0.5) is 0 Å². The molecule has 1 amide bonds. The molecule has 5 nitrogen and oxygen atoms in total. The van der Waals surface area contributed by atoms with Crippen molar-refractivity contribution in [1.29, 1.82) is 0 Å². The summed E-state index contributed by atoms with van der Waals surface area (Å²) in [6, 6.07) is 38.8. The second kappa shape index (κ2) is 14.6. The first-order chi connectivity index (χ1) is 20.4. The van der Waals surface area contributed by atoms with E-state index in [1.54, 1.807) is 0 Å². The van der Waals surface area contributed by atoms with E-state index in [1.807, 2.05) is 113 Å². The van der Waals surface area contributed by atoms with Gasteiger partial charge in [-0.05, 0) is 34.1 Å². The Morgan fingerprint density at radius 2 is 1.10 bits per heavy atom. The average molecular weight is 563 g/mol. The summed E-state index contributed by atoms with van der Waals surface area (Å²) >= 11 is 0. The minimum absolute atomic E-state index is 0.0848. The van der Waals surface area contributed by atoms with E-state index in [2.05, 4.69) is 47.0 Å². The summed E-state index contributed by atoms with van der Waals surface area (Å²) in [6.45, 7) is 8.18. The fourth-order valence-corrected chi connectivity index (χ4v) is 5.31. The Hall–Kier alpha value is -4.22. The van der Waals surface area contributed by atoms with Crippen LogP contribution in [0.5, 0.6) is 0 Å². The first-order valence-electron chi connectivity index (χ1n) is 14.8. The number of benzene rings is 4. The van der Waals surface area contributed by atoms with Crippen LogP contribution in [0.25, 0.3) is 0 Å². The molecule has 4 aromatic rings. The van der Waals surface area contributed by atoms with Gasteiger partial charge in [-0.15, -0.1) is 0 Å². The Labute approximate surface area is 250 Å². The molecule has 0 aliphatic rings. The van der Waals surface area contributed by atoms with E-state index >= 15 is 0 Å². The number of amides is 1. The topological polar surface area (TPSA) is 67.4 Å². The highest BCUT2D eigenvalue weighted by Crippen LogP contribution is 2.38. The van der Waals surface area contributed by atoms with Gasteiger partial charge in [-0.3, -0.25) is 10.1 Å². The summed E-state index contributed by atoms with van der Waals surface area (Å²) in [4.78, 5) is 27.5. The van der Waals surface area contributed by atoms with Crippen molar-refractivity contribution in [1.82, 2.24) is 10.6 Å². The Balaban J connectivity index is 1.70. The lowest BCUT2D eigenvalue weighted by Crippen LogP contribution is -2.59. The van der Waals surface area contributed by atoms with E-state index in [-0.39, 0.29) is 24.3 Å². The predicted octanol–water partition coefficient (Wildman–Crippen LogP) is 6.87. The van der Waals surface area contributed by atoms with Crippen LogP contribution in [-0.2, 0) is 26.5 Å². The summed E-state index contributed by atoms with van der Waals surface area (Å²) < 4.78 is 5.69. The Morgan fingerprint density at radius 1 is 0.667 bits per heavy atom. The zero-order valence-corrected chi connectivity index (χ0v) is 25.0. The van der Waals surface area contributed by atoms with Gasteiger partial charge in [0.2, 0.25) is 5.91 Å². The van der Waals surface area contributed by atoms with Gasteiger partial charge in [-0.25, -0.2) is 4.79 Å². The Morgan fingerprint density at radius 3 is 1.50 bits per heavy atom. The molecule has 0 unspecified atom stereocenters. The maximum Gasteiger partial charge on any atom is 0.329 e. The molecule has 0 fully saturated rings. The summed E-state index contributed by atoms with van der Waals surface area (Å²) in [5.41, 5.74) is 3.13. The van der Waals surface area contributed by atoms with Crippen molar-refractivity contribution in [3.8, 4) is 0 Å². The number of ether oxygens (including phenoxy) is 1. The van der Waals surface area contributed by atoms with Gasteiger partial charge in [-0.2, -0.15) is 0 Å². The van der Waals surface area contributed by atoms with Gasteiger partial charge in [0.15, 0.2) is 0 Å². The monoisotopic (exact) mass is 562 g/mol. The summed E-state index contributed by atoms with van der Waals surface area (Å²) in [6.07, 6.45) is 0.715. The third-order valence-electron chi connectivity index (χ3n) is 7.93. The van der Waals surface area contributed by atoms with Gasteiger partial charge in [0, 0.05) is 0 Å². The highest BCUT2D eigenvalue weighted by Gasteiger charge is 2.41. The normalized spacial score (nSPS) is 13.6. The molecule has 42 heavy (non-hydrogen) atoms. The smallest absolute Gasteiger partial charge is 0.329 e. The average Bonchev–Trinajstić information content (AvgIpc) is 3.04. The number of hydrogen-bond donors (Lipinski definition) is 2. The molecule has 0 radical (unpaired) electrons. The first kappa shape index (κ1) is 30.7. The number of rotatable bonds is 13. The fraction of sp³-hybridized carbons (Fsp3) is 0.297. The van der Waals surface area contributed by atoms with Gasteiger partial charge in [0.1, 0.15) is 12.6 Å². The van der Waals surface area contributed by atoms with Crippen molar-refractivity contribution >= 4 is 11.9 Å². The van der Waals surface area contributed by atoms with Gasteiger partial charge in [0.05, 0.1) is 11.6 Å². The zero-order valence-electron chi connectivity index (χ0n) is 25.0. The molecule has 218 valence electrons. The largest absolute Gasteiger partial charge is 0.459 e. The number of hydrogen-bond acceptors (Lipinski definition) is 4. The van der Waals surface area contributed by atoms with Crippen molar-refractivity contribution in [2.45, 2.75) is 58.3 Å². The molecular weight excluding hydrogens is 520 g/mol. The number of nitrogens with one attached hydrogen (secondary N) is 2. The van der Waals surface area contributed by atoms with Crippen LogP contribution in [0.2, 0.25) is 0 Å². The second-order valence-electron chi connectivity index (χ2n) is 11.2. The van der Waals surface area contributed by atoms with Crippen LogP contribution in [0.1, 0.15) is 56.4 Å². The van der Waals surface area contributed by atoms with Gasteiger partial charge in [-0.1, -0.05) is 155 Å². The van der Waals surface area contributed by atoms with Crippen molar-refractivity contribution < 1.29 is 14.3 Å². The summed E-state index contributed by atoms with van der Waals surface area (Å²) in [7, 11) is 0. The minimum Gasteiger partial charge on any atom is -0.459 e. The molecule has 2 N–H and O–H groups in total. The molecule has 3 atom stereocenters. The van der Waals surface area contributed by atoms with Crippen LogP contribution >= 0.6 is 0 Å². The standard InChI is InChI=1S/C37H42N2O3/c1-5-28(4)34(36(41)42-26-29-18-10-6-11-19-29)38-35(40)33(27(2)3)39-37(30-20-12-7-13-21-30,31-22-14-8-15-23-31)32-24-16-9-17-25-32/h6-25,27-28,33-34,39H,5,26H2,1-4H3,(H,38,40)/t28-,33-,34-/m0/s1. The quantitative estimate of drug-likeness (QED) is 0.138. The van der Waals surface area contributed by atoms with Crippen molar-refractivity contribution in [2.24, 2.45) is 11.8 Å². The van der Waals surface area contributed by atoms with Crippen LogP contribution in [0.15, 0.2) is 121 Å². The molecule has 4 aromatic carbocycles. The van der Waals surface area contributed by atoms with E-state index < -0.39 is 23.6 Å². The van der Waals surface area contributed by atoms with Crippen molar-refractivity contribution in [2.75, 3.05) is 0 Å². The summed E-state index contributed by atoms with van der Waals surface area (Å²) in [5, 5.41) is 6.90. The van der Waals surface area contributed by atoms with E-state index in [0.29, 0.717) is 6.42 Å². The predicted molar refractivity (Wildman–Crippen MR) is 169 cm³/mol. The lowest BCUT2D eigenvalue weighted by Gasteiger charge is -2.41. The molecule has 0 bridgehead atoms. The maximum absolute atomic E-state index is 14.2. The molecule has 0 saturated heterocycles. The number of carbonyl (C=O) groups is 2. The van der Waals surface area contributed by atoms with E-state index in [4.69, 9.17) is 4.74 Å². The van der Waals surface area contributed by atoms with Crippen LogP contribution in [0.3, 0.4) is 0 Å².